The van der Waals surface area contributed by atoms with E-state index in [4.69, 9.17) is 4.43 Å². The van der Waals surface area contributed by atoms with Crippen molar-refractivity contribution in [1.29, 1.82) is 0 Å². The topological polar surface area (TPSA) is 9.23 Å². The van der Waals surface area contributed by atoms with Crippen LogP contribution >= 0.6 is 0 Å². The molecule has 10 heavy (non-hydrogen) atoms. The molecule has 0 N–H and O–H groups in total. The average Bonchev–Trinajstić information content (AvgIpc) is 1.59. The van der Waals surface area contributed by atoms with Crippen LogP contribution in [0.3, 0.4) is 0 Å². The van der Waals surface area contributed by atoms with Crippen molar-refractivity contribution in [1.82, 2.24) is 0 Å². The Hall–Kier alpha value is 1.42. The van der Waals surface area contributed by atoms with Crippen LogP contribution in [-0.2, 0) is 4.43 Å². The van der Waals surface area contributed by atoms with Crippen LogP contribution in [0.1, 0.15) is 13.3 Å². The molecule has 0 radical (unpaired) electrons. The van der Waals surface area contributed by atoms with Crippen molar-refractivity contribution in [2.75, 3.05) is 6.61 Å². The Morgan fingerprint density at radius 1 is 1.40 bits per heavy atom. The van der Waals surface area contributed by atoms with Crippen molar-refractivity contribution in [2.45, 2.75) is 26.4 Å². The van der Waals surface area contributed by atoms with Crippen molar-refractivity contribution < 1.29 is 21.4 Å². The summed E-state index contributed by atoms with van der Waals surface area (Å²) in [5, 5.41) is 0. The second kappa shape index (κ2) is 8.52. The molecule has 0 atom stereocenters. The number of halogens is 1. The first-order valence-corrected chi connectivity index (χ1v) is 6.17. The molecule has 0 aromatic heterocycles. The van der Waals surface area contributed by atoms with Crippen molar-refractivity contribution >= 4 is 31.4 Å². The first kappa shape index (κ1) is 17.5. The van der Waals surface area contributed by atoms with E-state index in [1.54, 1.807) is 0 Å². The van der Waals surface area contributed by atoms with Gasteiger partial charge < -0.3 is 28.0 Å². The van der Waals surface area contributed by atoms with E-state index in [9.17, 15) is 0 Å². The van der Waals surface area contributed by atoms with Crippen LogP contribution in [0.15, 0.2) is 0 Å². The second-order valence-electron chi connectivity index (χ2n) is 2.61. The molecule has 0 aliphatic rings. The molecule has 0 amide bonds. The van der Waals surface area contributed by atoms with E-state index in [0.717, 1.165) is 13.0 Å². The van der Waals surface area contributed by atoms with Gasteiger partial charge in [-0.1, -0.05) is 20.0 Å². The van der Waals surface area contributed by atoms with Gasteiger partial charge in [-0.15, -0.1) is 0 Å². The van der Waals surface area contributed by atoms with Gasteiger partial charge in [-0.25, -0.2) is 0 Å². The van der Waals surface area contributed by atoms with Crippen LogP contribution < -0.4 is 17.0 Å². The summed E-state index contributed by atoms with van der Waals surface area (Å²) in [6.07, 6.45) is 1.10. The van der Waals surface area contributed by atoms with Gasteiger partial charge in [-0.3, -0.25) is 0 Å². The standard InChI is InChI=1S/C6H15OSi.BrH.Mg/c1-5-6-7-8(2,3)4;;/h2,5-6H2,1,3-4H3;1H;/q-1;;+2/p-1. The zero-order valence-electron chi connectivity index (χ0n) is 7.11. The van der Waals surface area contributed by atoms with Crippen LogP contribution in [0.2, 0.25) is 13.1 Å². The van der Waals surface area contributed by atoms with Crippen LogP contribution in [0.5, 0.6) is 0 Å². The smallest absolute Gasteiger partial charge is 1.00 e. The van der Waals surface area contributed by atoms with Crippen LogP contribution in [-0.4, -0.2) is 38.0 Å². The van der Waals surface area contributed by atoms with E-state index in [2.05, 4.69) is 26.6 Å². The molecule has 0 aliphatic heterocycles. The average molecular weight is 235 g/mol. The molecule has 0 aliphatic carbocycles. The quantitative estimate of drug-likeness (QED) is 0.433. The molecule has 0 aromatic carbocycles. The van der Waals surface area contributed by atoms with Gasteiger partial charge in [0.2, 0.25) is 0 Å². The fourth-order valence-electron chi connectivity index (χ4n) is 0.378. The summed E-state index contributed by atoms with van der Waals surface area (Å²) in [5.74, 6) is 0. The maximum Gasteiger partial charge on any atom is 2.00 e. The molecule has 0 rings (SSSR count). The maximum atomic E-state index is 5.41. The summed E-state index contributed by atoms with van der Waals surface area (Å²) in [6, 6.07) is 0. The summed E-state index contributed by atoms with van der Waals surface area (Å²) in [4.78, 5) is 0. The third-order valence-corrected chi connectivity index (χ3v) is 1.68. The van der Waals surface area contributed by atoms with E-state index < -0.39 is 8.32 Å². The minimum absolute atomic E-state index is 0. The fraction of sp³-hybridized carbons (Fsp3) is 0.833. The molecule has 0 fully saturated rings. The second-order valence-corrected chi connectivity index (χ2v) is 6.42. The number of hydrogen-bond acceptors (Lipinski definition) is 1. The Morgan fingerprint density at radius 3 is 1.90 bits per heavy atom. The molecule has 0 saturated carbocycles. The Balaban J connectivity index is -0.000000245. The summed E-state index contributed by atoms with van der Waals surface area (Å²) >= 11 is 0. The van der Waals surface area contributed by atoms with Gasteiger partial charge in [0.05, 0.1) is 0 Å². The van der Waals surface area contributed by atoms with Gasteiger partial charge in [0.1, 0.15) is 0 Å². The summed E-state index contributed by atoms with van der Waals surface area (Å²) in [6.45, 7) is 11.1. The van der Waals surface area contributed by atoms with Crippen molar-refractivity contribution in [3.63, 3.8) is 0 Å². The van der Waals surface area contributed by atoms with E-state index in [1.165, 1.54) is 0 Å². The maximum absolute atomic E-state index is 5.41. The minimum atomic E-state index is -1.43. The normalized spacial score (nSPS) is 9.60. The van der Waals surface area contributed by atoms with Gasteiger partial charge in [0, 0.05) is 14.9 Å². The van der Waals surface area contributed by atoms with Crippen LogP contribution in [0.4, 0.5) is 0 Å². The monoisotopic (exact) mass is 234 g/mol. The molecule has 0 spiro atoms. The molecule has 0 heterocycles. The van der Waals surface area contributed by atoms with Crippen molar-refractivity contribution in [3.8, 4) is 0 Å². The van der Waals surface area contributed by atoms with Gasteiger partial charge in [0.25, 0.3) is 0 Å². The fourth-order valence-corrected chi connectivity index (χ4v) is 1.14. The predicted octanol–water partition coefficient (Wildman–Crippen LogP) is -1.39. The Bertz CT molecular complexity index is 65.3. The van der Waals surface area contributed by atoms with Gasteiger partial charge >= 0.3 is 23.1 Å². The van der Waals surface area contributed by atoms with Crippen LogP contribution in [0, 0.1) is 6.55 Å². The number of rotatable bonds is 3. The van der Waals surface area contributed by atoms with E-state index >= 15 is 0 Å². The Kier molecular flexibility index (Phi) is 14.9. The van der Waals surface area contributed by atoms with Crippen molar-refractivity contribution in [3.05, 3.63) is 6.55 Å². The number of hydrogen-bond donors (Lipinski definition) is 0. The van der Waals surface area contributed by atoms with Gasteiger partial charge in [-0.2, -0.15) is 0 Å². The van der Waals surface area contributed by atoms with Gasteiger partial charge in [0.15, 0.2) is 0 Å². The van der Waals surface area contributed by atoms with Gasteiger partial charge in [-0.05, 0) is 6.42 Å². The summed E-state index contributed by atoms with van der Waals surface area (Å²) in [7, 11) is -1.43. The molecule has 4 heteroatoms. The molecule has 0 bridgehead atoms. The summed E-state index contributed by atoms with van der Waals surface area (Å²) in [5.41, 5.74) is 0. The van der Waals surface area contributed by atoms with E-state index in [0.29, 0.717) is 0 Å². The SMILES string of the molecule is [Br-].[CH2-][Si](C)(C)OCCC.[Mg+2]. The Morgan fingerprint density at radius 2 is 1.80 bits per heavy atom. The zero-order valence-corrected chi connectivity index (χ0v) is 11.1. The molecule has 58 valence electrons. The predicted molar refractivity (Wildman–Crippen MR) is 44.8 cm³/mol. The molecule has 0 saturated heterocycles. The zero-order chi connectivity index (χ0) is 6.62. The molecule has 0 aromatic rings. The van der Waals surface area contributed by atoms with E-state index in [-0.39, 0.29) is 40.0 Å². The molecular formula is C6H15BrMgOSi. The molecule has 1 nitrogen and oxygen atoms in total. The minimum Gasteiger partial charge on any atom is -1.00 e. The van der Waals surface area contributed by atoms with Crippen molar-refractivity contribution in [2.24, 2.45) is 0 Å². The third-order valence-electron chi connectivity index (χ3n) is 0.697. The third kappa shape index (κ3) is 16.2. The first-order valence-electron chi connectivity index (χ1n) is 3.05. The molecular weight excluding hydrogens is 220 g/mol. The Labute approximate surface area is 92.0 Å². The largest absolute Gasteiger partial charge is 2.00 e. The van der Waals surface area contributed by atoms with Crippen LogP contribution in [0.25, 0.3) is 0 Å². The summed E-state index contributed by atoms with van der Waals surface area (Å²) < 4.78 is 5.41. The van der Waals surface area contributed by atoms with E-state index in [1.807, 2.05) is 0 Å². The molecule has 0 unspecified atom stereocenters. The first-order chi connectivity index (χ1) is 3.56.